The van der Waals surface area contributed by atoms with Crippen LogP contribution in [0.1, 0.15) is 22.2 Å². The molecule has 0 atom stereocenters. The van der Waals surface area contributed by atoms with Crippen LogP contribution in [0.15, 0.2) is 48.5 Å². The van der Waals surface area contributed by atoms with Crippen molar-refractivity contribution in [1.29, 1.82) is 0 Å². The minimum absolute atomic E-state index is 0.188. The van der Waals surface area contributed by atoms with Gasteiger partial charge in [-0.3, -0.25) is 14.9 Å². The molecule has 1 aromatic heterocycles. The van der Waals surface area contributed by atoms with Gasteiger partial charge in [0.25, 0.3) is 5.91 Å². The van der Waals surface area contributed by atoms with Crippen molar-refractivity contribution >= 4 is 34.0 Å². The Hall–Kier alpha value is -3.19. The van der Waals surface area contributed by atoms with E-state index in [4.69, 9.17) is 4.74 Å². The molecule has 0 saturated carbocycles. The Labute approximate surface area is 161 Å². The molecule has 6 nitrogen and oxygen atoms in total. The number of amides is 2. The number of hydrogen-bond acceptors (Lipinski definition) is 5. The third-order valence-corrected chi connectivity index (χ3v) is 4.71. The molecule has 7 heteroatoms. The van der Waals surface area contributed by atoms with Crippen LogP contribution < -0.4 is 15.4 Å². The van der Waals surface area contributed by atoms with Gasteiger partial charge in [-0.05, 0) is 49.4 Å². The summed E-state index contributed by atoms with van der Waals surface area (Å²) in [6.45, 7) is 3.38. The lowest BCUT2D eigenvalue weighted by atomic mass is 10.1. The normalized spacial score (nSPS) is 10.3. The van der Waals surface area contributed by atoms with Crippen LogP contribution in [0, 0.1) is 6.92 Å². The predicted molar refractivity (Wildman–Crippen MR) is 108 cm³/mol. The van der Waals surface area contributed by atoms with Crippen molar-refractivity contribution in [3.63, 3.8) is 0 Å². The highest BCUT2D eigenvalue weighted by molar-refractivity contribution is 7.16. The molecule has 3 rings (SSSR count). The van der Waals surface area contributed by atoms with E-state index in [9.17, 15) is 9.59 Å². The lowest BCUT2D eigenvalue weighted by Gasteiger charge is -2.05. The highest BCUT2D eigenvalue weighted by atomic mass is 32.1. The number of carbonyl (C=O) groups excluding carboxylic acids is 2. The minimum Gasteiger partial charge on any atom is -0.497 e. The first kappa shape index (κ1) is 18.6. The van der Waals surface area contributed by atoms with Crippen LogP contribution in [-0.2, 0) is 4.79 Å². The number of aromatic nitrogens is 1. The molecule has 1 heterocycles. The standard InChI is InChI=1S/C20H19N3O3S/c1-12-18(14-7-9-17(26-3)10-8-14)22-20(27-12)23-19(25)15-5-4-6-16(11-15)21-13(2)24/h4-11H,1-3H3,(H,21,24)(H,22,23,25). The van der Waals surface area contributed by atoms with Crippen molar-refractivity contribution in [2.75, 3.05) is 17.7 Å². The number of rotatable bonds is 5. The van der Waals surface area contributed by atoms with Crippen LogP contribution in [0.2, 0.25) is 0 Å². The van der Waals surface area contributed by atoms with E-state index in [1.54, 1.807) is 31.4 Å². The molecule has 2 amide bonds. The summed E-state index contributed by atoms with van der Waals surface area (Å²) in [5.74, 6) is 0.309. The number of nitrogens with one attached hydrogen (secondary N) is 2. The Morgan fingerprint density at radius 2 is 1.81 bits per heavy atom. The predicted octanol–water partition coefficient (Wildman–Crippen LogP) is 4.34. The fraction of sp³-hybridized carbons (Fsp3) is 0.150. The minimum atomic E-state index is -0.280. The maximum Gasteiger partial charge on any atom is 0.257 e. The zero-order valence-electron chi connectivity index (χ0n) is 15.2. The summed E-state index contributed by atoms with van der Waals surface area (Å²) in [6.07, 6.45) is 0. The van der Waals surface area contributed by atoms with Crippen molar-refractivity contribution in [2.45, 2.75) is 13.8 Å². The Kier molecular flexibility index (Phi) is 5.52. The molecule has 0 aliphatic rings. The zero-order valence-corrected chi connectivity index (χ0v) is 16.0. The molecule has 0 saturated heterocycles. The van der Waals surface area contributed by atoms with Gasteiger partial charge >= 0.3 is 0 Å². The first-order valence-corrected chi connectivity index (χ1v) is 9.09. The Balaban J connectivity index is 1.78. The Morgan fingerprint density at radius 1 is 1.07 bits per heavy atom. The highest BCUT2D eigenvalue weighted by Gasteiger charge is 2.14. The molecule has 3 aromatic rings. The smallest absolute Gasteiger partial charge is 0.257 e. The molecular formula is C20H19N3O3S. The van der Waals surface area contributed by atoms with Gasteiger partial charge in [0.05, 0.1) is 12.8 Å². The topological polar surface area (TPSA) is 80.3 Å². The summed E-state index contributed by atoms with van der Waals surface area (Å²) in [6, 6.07) is 14.4. The molecule has 138 valence electrons. The maximum atomic E-state index is 12.5. The number of aryl methyl sites for hydroxylation is 1. The molecule has 0 spiro atoms. The molecule has 0 aliphatic carbocycles. The lowest BCUT2D eigenvalue weighted by molar-refractivity contribution is -0.114. The molecule has 2 aromatic carbocycles. The van der Waals surface area contributed by atoms with Crippen molar-refractivity contribution in [2.24, 2.45) is 0 Å². The molecule has 0 unspecified atom stereocenters. The lowest BCUT2D eigenvalue weighted by Crippen LogP contribution is -2.13. The van der Waals surface area contributed by atoms with Crippen LogP contribution in [0.5, 0.6) is 5.75 Å². The number of ether oxygens (including phenoxy) is 1. The molecule has 27 heavy (non-hydrogen) atoms. The van der Waals surface area contributed by atoms with Crippen molar-refractivity contribution in [1.82, 2.24) is 4.98 Å². The quantitative estimate of drug-likeness (QED) is 0.689. The summed E-state index contributed by atoms with van der Waals surface area (Å²) in [5, 5.41) is 6.01. The van der Waals surface area contributed by atoms with E-state index in [2.05, 4.69) is 15.6 Å². The van der Waals surface area contributed by atoms with E-state index in [0.717, 1.165) is 21.9 Å². The number of anilines is 2. The van der Waals surface area contributed by atoms with Crippen LogP contribution in [0.25, 0.3) is 11.3 Å². The monoisotopic (exact) mass is 381 g/mol. The van der Waals surface area contributed by atoms with Gasteiger partial charge in [-0.15, -0.1) is 11.3 Å². The summed E-state index contributed by atoms with van der Waals surface area (Å²) in [5.41, 5.74) is 2.80. The van der Waals surface area contributed by atoms with Crippen LogP contribution in [0.3, 0.4) is 0 Å². The van der Waals surface area contributed by atoms with Gasteiger partial charge in [0, 0.05) is 28.6 Å². The number of methoxy groups -OCH3 is 1. The second-order valence-corrected chi connectivity index (χ2v) is 7.07. The van der Waals surface area contributed by atoms with Crippen LogP contribution in [0.4, 0.5) is 10.8 Å². The first-order chi connectivity index (χ1) is 13.0. The van der Waals surface area contributed by atoms with Gasteiger partial charge in [0.2, 0.25) is 5.91 Å². The van der Waals surface area contributed by atoms with Gasteiger partial charge in [-0.1, -0.05) is 6.07 Å². The third-order valence-electron chi connectivity index (χ3n) is 3.83. The second kappa shape index (κ2) is 8.01. The van der Waals surface area contributed by atoms with E-state index in [1.807, 2.05) is 31.2 Å². The molecule has 0 bridgehead atoms. The van der Waals surface area contributed by atoms with Crippen LogP contribution >= 0.6 is 11.3 Å². The summed E-state index contributed by atoms with van der Waals surface area (Å²) >= 11 is 1.41. The molecule has 0 aliphatic heterocycles. The largest absolute Gasteiger partial charge is 0.497 e. The molecule has 2 N–H and O–H groups in total. The maximum absolute atomic E-state index is 12.5. The van der Waals surface area contributed by atoms with Gasteiger partial charge in [-0.25, -0.2) is 4.98 Å². The first-order valence-electron chi connectivity index (χ1n) is 8.27. The van der Waals surface area contributed by atoms with Crippen molar-refractivity contribution in [3.8, 4) is 17.0 Å². The van der Waals surface area contributed by atoms with E-state index < -0.39 is 0 Å². The Bertz CT molecular complexity index is 980. The van der Waals surface area contributed by atoms with Gasteiger partial charge in [0.1, 0.15) is 5.75 Å². The van der Waals surface area contributed by atoms with Gasteiger partial charge in [-0.2, -0.15) is 0 Å². The van der Waals surface area contributed by atoms with Crippen molar-refractivity contribution in [3.05, 3.63) is 59.0 Å². The number of hydrogen-bond donors (Lipinski definition) is 2. The SMILES string of the molecule is COc1ccc(-c2nc(NC(=O)c3cccc(NC(C)=O)c3)sc2C)cc1. The van der Waals surface area contributed by atoms with Gasteiger partial charge in [0.15, 0.2) is 5.13 Å². The van der Waals surface area contributed by atoms with E-state index >= 15 is 0 Å². The van der Waals surface area contributed by atoms with Crippen molar-refractivity contribution < 1.29 is 14.3 Å². The summed E-state index contributed by atoms with van der Waals surface area (Å²) in [4.78, 5) is 29.2. The van der Waals surface area contributed by atoms with Gasteiger partial charge < -0.3 is 10.1 Å². The van der Waals surface area contributed by atoms with E-state index in [1.165, 1.54) is 18.3 Å². The average molecular weight is 381 g/mol. The highest BCUT2D eigenvalue weighted by Crippen LogP contribution is 2.31. The summed E-state index contributed by atoms with van der Waals surface area (Å²) in [7, 11) is 1.62. The number of benzene rings is 2. The molecular weight excluding hydrogens is 362 g/mol. The summed E-state index contributed by atoms with van der Waals surface area (Å²) < 4.78 is 5.17. The number of carbonyl (C=O) groups is 2. The fourth-order valence-corrected chi connectivity index (χ4v) is 3.41. The average Bonchev–Trinajstić information content (AvgIpc) is 3.01. The number of thiazole rings is 1. The van der Waals surface area contributed by atoms with E-state index in [-0.39, 0.29) is 11.8 Å². The fourth-order valence-electron chi connectivity index (χ4n) is 2.58. The van der Waals surface area contributed by atoms with E-state index in [0.29, 0.717) is 16.4 Å². The second-order valence-electron chi connectivity index (χ2n) is 5.87. The third kappa shape index (κ3) is 4.51. The Morgan fingerprint density at radius 3 is 2.48 bits per heavy atom. The molecule has 0 radical (unpaired) electrons. The molecule has 0 fully saturated rings. The van der Waals surface area contributed by atoms with Crippen LogP contribution in [-0.4, -0.2) is 23.9 Å². The number of nitrogens with zero attached hydrogens (tertiary/aromatic N) is 1. The zero-order chi connectivity index (χ0) is 19.4.